The fourth-order valence-electron chi connectivity index (χ4n) is 1.97. The predicted molar refractivity (Wildman–Crippen MR) is 86.1 cm³/mol. The molecule has 1 nitrogen and oxygen atoms in total. The van der Waals surface area contributed by atoms with E-state index in [0.29, 0.717) is 6.04 Å². The molecule has 0 amide bonds. The van der Waals surface area contributed by atoms with E-state index >= 15 is 0 Å². The molecule has 0 aliphatic heterocycles. The van der Waals surface area contributed by atoms with Crippen LogP contribution in [0.15, 0.2) is 48.5 Å². The summed E-state index contributed by atoms with van der Waals surface area (Å²) < 4.78 is 1.27. The van der Waals surface area contributed by atoms with Crippen LogP contribution < -0.4 is 5.32 Å². The molecule has 0 fully saturated rings. The Morgan fingerprint density at radius 1 is 1.17 bits per heavy atom. The molecule has 2 aromatic rings. The molecular formula is C15H15ClIN. The van der Waals surface area contributed by atoms with Gasteiger partial charge in [0.1, 0.15) is 0 Å². The minimum absolute atomic E-state index is 0.334. The van der Waals surface area contributed by atoms with Gasteiger partial charge in [-0.25, -0.2) is 0 Å². The molecule has 0 saturated carbocycles. The Morgan fingerprint density at radius 2 is 1.89 bits per heavy atom. The highest BCUT2D eigenvalue weighted by atomic mass is 127. The van der Waals surface area contributed by atoms with E-state index in [1.807, 2.05) is 19.2 Å². The Morgan fingerprint density at radius 3 is 2.50 bits per heavy atom. The number of halogens is 2. The molecule has 3 heteroatoms. The molecule has 0 bridgehead atoms. The fraction of sp³-hybridized carbons (Fsp3) is 0.200. The third-order valence-corrected chi connectivity index (χ3v) is 3.88. The van der Waals surface area contributed by atoms with Crippen molar-refractivity contribution in [2.45, 2.75) is 12.5 Å². The van der Waals surface area contributed by atoms with Crippen LogP contribution in [-0.4, -0.2) is 7.05 Å². The Labute approximate surface area is 127 Å². The predicted octanol–water partition coefficient (Wildman–Crippen LogP) is 4.45. The zero-order chi connectivity index (χ0) is 13.0. The average Bonchev–Trinajstić information content (AvgIpc) is 2.38. The summed E-state index contributed by atoms with van der Waals surface area (Å²) in [6.45, 7) is 0. The van der Waals surface area contributed by atoms with Crippen molar-refractivity contribution in [2.24, 2.45) is 0 Å². The quantitative estimate of drug-likeness (QED) is 0.783. The Bertz CT molecular complexity index is 510. The topological polar surface area (TPSA) is 12.0 Å². The molecule has 0 aliphatic carbocycles. The molecule has 0 spiro atoms. The lowest BCUT2D eigenvalue weighted by molar-refractivity contribution is 0.592. The summed E-state index contributed by atoms with van der Waals surface area (Å²) in [5.74, 6) is 0. The second kappa shape index (κ2) is 6.55. The van der Waals surface area contributed by atoms with E-state index in [1.165, 1.54) is 14.7 Å². The zero-order valence-electron chi connectivity index (χ0n) is 10.2. The van der Waals surface area contributed by atoms with Gasteiger partial charge in [-0.15, -0.1) is 0 Å². The summed E-state index contributed by atoms with van der Waals surface area (Å²) in [4.78, 5) is 0. The molecule has 0 radical (unpaired) electrons. The summed E-state index contributed by atoms with van der Waals surface area (Å²) in [6.07, 6.45) is 0.966. The minimum Gasteiger partial charge on any atom is -0.313 e. The molecule has 1 N–H and O–H groups in total. The van der Waals surface area contributed by atoms with Crippen LogP contribution in [0.1, 0.15) is 17.2 Å². The largest absolute Gasteiger partial charge is 0.313 e. The summed E-state index contributed by atoms with van der Waals surface area (Å²) >= 11 is 8.25. The van der Waals surface area contributed by atoms with Gasteiger partial charge in [0.25, 0.3) is 0 Å². The number of hydrogen-bond acceptors (Lipinski definition) is 1. The summed E-state index contributed by atoms with van der Waals surface area (Å²) in [6, 6.07) is 17.0. The maximum atomic E-state index is 5.90. The van der Waals surface area contributed by atoms with E-state index in [4.69, 9.17) is 11.6 Å². The van der Waals surface area contributed by atoms with Crippen molar-refractivity contribution < 1.29 is 0 Å². The van der Waals surface area contributed by atoms with E-state index in [9.17, 15) is 0 Å². The van der Waals surface area contributed by atoms with Gasteiger partial charge < -0.3 is 5.32 Å². The van der Waals surface area contributed by atoms with Crippen molar-refractivity contribution in [2.75, 3.05) is 7.05 Å². The Kier molecular flexibility index (Phi) is 5.03. The Hall–Kier alpha value is -0.580. The van der Waals surface area contributed by atoms with Crippen LogP contribution >= 0.6 is 34.2 Å². The van der Waals surface area contributed by atoms with Crippen molar-refractivity contribution >= 4 is 34.2 Å². The smallest absolute Gasteiger partial charge is 0.0406 e. The molecular weight excluding hydrogens is 357 g/mol. The van der Waals surface area contributed by atoms with Gasteiger partial charge in [0.05, 0.1) is 0 Å². The van der Waals surface area contributed by atoms with Crippen LogP contribution in [0.2, 0.25) is 5.02 Å². The molecule has 1 unspecified atom stereocenters. The van der Waals surface area contributed by atoms with Gasteiger partial charge in [0, 0.05) is 14.6 Å². The normalized spacial score (nSPS) is 12.4. The van der Waals surface area contributed by atoms with E-state index in [1.54, 1.807) is 0 Å². The van der Waals surface area contributed by atoms with Crippen molar-refractivity contribution in [1.82, 2.24) is 5.32 Å². The van der Waals surface area contributed by atoms with Crippen LogP contribution in [-0.2, 0) is 6.42 Å². The van der Waals surface area contributed by atoms with Crippen LogP contribution in [0, 0.1) is 3.57 Å². The Balaban J connectivity index is 2.17. The summed E-state index contributed by atoms with van der Waals surface area (Å²) in [5.41, 5.74) is 2.61. The van der Waals surface area contributed by atoms with Crippen molar-refractivity contribution in [3.8, 4) is 0 Å². The summed E-state index contributed by atoms with van der Waals surface area (Å²) in [5, 5.41) is 4.16. The van der Waals surface area contributed by atoms with Crippen LogP contribution in [0.3, 0.4) is 0 Å². The summed E-state index contributed by atoms with van der Waals surface area (Å²) in [7, 11) is 2.00. The average molecular weight is 372 g/mol. The molecule has 2 aromatic carbocycles. The lowest BCUT2D eigenvalue weighted by Gasteiger charge is -2.17. The monoisotopic (exact) mass is 371 g/mol. The number of nitrogens with one attached hydrogen (secondary N) is 1. The zero-order valence-corrected chi connectivity index (χ0v) is 13.1. The van der Waals surface area contributed by atoms with Crippen molar-refractivity contribution in [3.63, 3.8) is 0 Å². The highest BCUT2D eigenvalue weighted by Crippen LogP contribution is 2.21. The van der Waals surface area contributed by atoms with E-state index in [-0.39, 0.29) is 0 Å². The molecule has 1 atom stereocenters. The molecule has 0 aromatic heterocycles. The third kappa shape index (κ3) is 3.70. The second-order valence-electron chi connectivity index (χ2n) is 4.23. The van der Waals surface area contributed by atoms with Crippen LogP contribution in [0.25, 0.3) is 0 Å². The van der Waals surface area contributed by atoms with E-state index < -0.39 is 0 Å². The van der Waals surface area contributed by atoms with Gasteiger partial charge in [-0.1, -0.05) is 35.9 Å². The van der Waals surface area contributed by atoms with Gasteiger partial charge in [0.2, 0.25) is 0 Å². The van der Waals surface area contributed by atoms with Gasteiger partial charge >= 0.3 is 0 Å². The molecule has 0 aliphatic rings. The highest BCUT2D eigenvalue weighted by Gasteiger charge is 2.10. The molecule has 18 heavy (non-hydrogen) atoms. The first-order chi connectivity index (χ1) is 8.69. The third-order valence-electron chi connectivity index (χ3n) is 2.95. The fourth-order valence-corrected chi connectivity index (χ4v) is 2.66. The first-order valence-electron chi connectivity index (χ1n) is 5.86. The molecule has 2 rings (SSSR count). The minimum atomic E-state index is 0.334. The lowest BCUT2D eigenvalue weighted by Crippen LogP contribution is -2.18. The number of benzene rings is 2. The lowest BCUT2D eigenvalue weighted by atomic mass is 9.99. The SMILES string of the molecule is CNC(Cc1ccc(Cl)cc1)c1cccc(I)c1. The number of likely N-dealkylation sites (N-methyl/N-ethyl adjacent to an activating group) is 1. The highest BCUT2D eigenvalue weighted by molar-refractivity contribution is 14.1. The first kappa shape index (κ1) is 13.8. The van der Waals surface area contributed by atoms with Crippen molar-refractivity contribution in [3.05, 3.63) is 68.3 Å². The van der Waals surface area contributed by atoms with Gasteiger partial charge in [-0.05, 0) is 71.5 Å². The van der Waals surface area contributed by atoms with Crippen LogP contribution in [0.4, 0.5) is 0 Å². The van der Waals surface area contributed by atoms with E-state index in [2.05, 4.69) is 64.3 Å². The van der Waals surface area contributed by atoms with Gasteiger partial charge in [0.15, 0.2) is 0 Å². The maximum Gasteiger partial charge on any atom is 0.0406 e. The first-order valence-corrected chi connectivity index (χ1v) is 7.32. The van der Waals surface area contributed by atoms with Crippen LogP contribution in [0.5, 0.6) is 0 Å². The number of hydrogen-bond donors (Lipinski definition) is 1. The van der Waals surface area contributed by atoms with Crippen molar-refractivity contribution in [1.29, 1.82) is 0 Å². The molecule has 94 valence electrons. The number of rotatable bonds is 4. The van der Waals surface area contributed by atoms with E-state index in [0.717, 1.165) is 11.4 Å². The van der Waals surface area contributed by atoms with Gasteiger partial charge in [-0.3, -0.25) is 0 Å². The second-order valence-corrected chi connectivity index (χ2v) is 5.91. The standard InChI is InChI=1S/C15H15ClIN/c1-18-15(12-3-2-4-14(17)10-12)9-11-5-7-13(16)8-6-11/h2-8,10,15,18H,9H2,1H3. The van der Waals surface area contributed by atoms with Gasteiger partial charge in [-0.2, -0.15) is 0 Å². The molecule has 0 heterocycles. The molecule has 0 saturated heterocycles. The maximum absolute atomic E-state index is 5.90.